The highest BCUT2D eigenvalue weighted by Crippen LogP contribution is 2.07. The zero-order valence-corrected chi connectivity index (χ0v) is 18.3. The molecular formula is C16H32IN7O. The predicted octanol–water partition coefficient (Wildman–Crippen LogP) is 0.763. The third kappa shape index (κ3) is 7.06. The zero-order valence-electron chi connectivity index (χ0n) is 15.9. The fourth-order valence-corrected chi connectivity index (χ4v) is 2.78. The van der Waals surface area contributed by atoms with Crippen molar-refractivity contribution < 1.29 is 4.74 Å². The molecule has 8 nitrogen and oxygen atoms in total. The van der Waals surface area contributed by atoms with Crippen molar-refractivity contribution in [2.24, 2.45) is 18.0 Å². The molecular weight excluding hydrogens is 433 g/mol. The third-order valence-corrected chi connectivity index (χ3v) is 4.16. The van der Waals surface area contributed by atoms with Gasteiger partial charge in [0.05, 0.1) is 19.3 Å². The van der Waals surface area contributed by atoms with Crippen molar-refractivity contribution in [2.75, 3.05) is 39.8 Å². The second-order valence-corrected chi connectivity index (χ2v) is 6.68. The van der Waals surface area contributed by atoms with Gasteiger partial charge in [0.15, 0.2) is 11.8 Å². The number of rotatable bonds is 6. The molecule has 144 valence electrons. The van der Waals surface area contributed by atoms with E-state index in [2.05, 4.69) is 44.6 Å². The van der Waals surface area contributed by atoms with Gasteiger partial charge in [0.25, 0.3) is 0 Å². The second-order valence-electron chi connectivity index (χ2n) is 6.68. The van der Waals surface area contributed by atoms with Crippen LogP contribution < -0.4 is 10.6 Å². The molecule has 1 aliphatic rings. The van der Waals surface area contributed by atoms with E-state index < -0.39 is 0 Å². The topological polar surface area (TPSA) is 79.6 Å². The van der Waals surface area contributed by atoms with Crippen LogP contribution in [0.15, 0.2) is 4.99 Å². The maximum absolute atomic E-state index is 5.86. The summed E-state index contributed by atoms with van der Waals surface area (Å²) in [6.07, 6.45) is 0.188. The average Bonchev–Trinajstić information content (AvgIpc) is 2.87. The Kier molecular flexibility index (Phi) is 9.65. The Morgan fingerprint density at radius 3 is 2.72 bits per heavy atom. The highest BCUT2D eigenvalue weighted by atomic mass is 127. The first-order valence-electron chi connectivity index (χ1n) is 8.63. The molecule has 25 heavy (non-hydrogen) atoms. The Morgan fingerprint density at radius 2 is 2.12 bits per heavy atom. The number of halogens is 1. The minimum atomic E-state index is 0. The van der Waals surface area contributed by atoms with E-state index in [1.54, 1.807) is 7.05 Å². The van der Waals surface area contributed by atoms with Gasteiger partial charge in [0, 0.05) is 40.3 Å². The molecule has 1 aromatic heterocycles. The fourth-order valence-electron chi connectivity index (χ4n) is 2.78. The molecule has 0 aromatic carbocycles. The largest absolute Gasteiger partial charge is 0.374 e. The maximum atomic E-state index is 5.86. The summed E-state index contributed by atoms with van der Waals surface area (Å²) in [6, 6.07) is 0. The van der Waals surface area contributed by atoms with E-state index in [1.807, 2.05) is 18.5 Å². The van der Waals surface area contributed by atoms with Gasteiger partial charge in [-0.25, -0.2) is 0 Å². The van der Waals surface area contributed by atoms with Gasteiger partial charge in [-0.2, -0.15) is 0 Å². The molecule has 9 heteroatoms. The molecule has 0 amide bonds. The Bertz CT molecular complexity index is 547. The van der Waals surface area contributed by atoms with Crippen LogP contribution in [0, 0.1) is 12.8 Å². The molecule has 1 unspecified atom stereocenters. The van der Waals surface area contributed by atoms with Crippen molar-refractivity contribution in [3.05, 3.63) is 11.6 Å². The summed E-state index contributed by atoms with van der Waals surface area (Å²) in [5.74, 6) is 3.21. The third-order valence-electron chi connectivity index (χ3n) is 4.16. The van der Waals surface area contributed by atoms with Gasteiger partial charge in [-0.3, -0.25) is 9.89 Å². The van der Waals surface area contributed by atoms with Crippen LogP contribution in [0.4, 0.5) is 0 Å². The Balaban J connectivity index is 0.00000312. The van der Waals surface area contributed by atoms with Crippen LogP contribution in [0.1, 0.15) is 25.5 Å². The number of morpholine rings is 1. The number of hydrogen-bond acceptors (Lipinski definition) is 5. The number of nitrogens with one attached hydrogen (secondary N) is 2. The quantitative estimate of drug-likeness (QED) is 0.367. The number of hydrogen-bond donors (Lipinski definition) is 2. The average molecular weight is 465 g/mol. The first-order chi connectivity index (χ1) is 11.5. The number of aliphatic imine (C=N–C) groups is 1. The van der Waals surface area contributed by atoms with Crippen molar-refractivity contribution in [1.82, 2.24) is 30.3 Å². The summed E-state index contributed by atoms with van der Waals surface area (Å²) < 4.78 is 7.82. The van der Waals surface area contributed by atoms with Crippen molar-refractivity contribution in [3.8, 4) is 0 Å². The highest BCUT2D eigenvalue weighted by Gasteiger charge is 2.21. The minimum absolute atomic E-state index is 0. The molecule has 0 saturated carbocycles. The van der Waals surface area contributed by atoms with Gasteiger partial charge < -0.3 is 19.9 Å². The molecule has 0 aliphatic carbocycles. The minimum Gasteiger partial charge on any atom is -0.374 e. The molecule has 1 saturated heterocycles. The lowest BCUT2D eigenvalue weighted by atomic mass is 10.2. The molecule has 0 spiro atoms. The van der Waals surface area contributed by atoms with E-state index in [1.165, 1.54) is 0 Å². The van der Waals surface area contributed by atoms with Gasteiger partial charge in [0.2, 0.25) is 0 Å². The standard InChI is InChI=1S/C16H31N7O.HI/c1-12(2)10-23-6-7-24-14(11-23)8-18-16(17-4)19-9-15-21-20-13(3)22(15)5;/h12,14H,6-11H2,1-5H3,(H2,17,18,19);1H. The predicted molar refractivity (Wildman–Crippen MR) is 110 cm³/mol. The molecule has 0 bridgehead atoms. The molecule has 2 rings (SSSR count). The van der Waals surface area contributed by atoms with Gasteiger partial charge in [-0.1, -0.05) is 13.8 Å². The Labute approximate surface area is 167 Å². The lowest BCUT2D eigenvalue weighted by Crippen LogP contribution is -2.50. The lowest BCUT2D eigenvalue weighted by molar-refractivity contribution is -0.0284. The van der Waals surface area contributed by atoms with Crippen LogP contribution >= 0.6 is 24.0 Å². The highest BCUT2D eigenvalue weighted by molar-refractivity contribution is 14.0. The van der Waals surface area contributed by atoms with Gasteiger partial charge >= 0.3 is 0 Å². The maximum Gasteiger partial charge on any atom is 0.191 e. The number of aryl methyl sites for hydroxylation is 1. The van der Waals surface area contributed by atoms with E-state index >= 15 is 0 Å². The first-order valence-corrected chi connectivity index (χ1v) is 8.63. The monoisotopic (exact) mass is 465 g/mol. The zero-order chi connectivity index (χ0) is 17.5. The fraction of sp³-hybridized carbons (Fsp3) is 0.812. The van der Waals surface area contributed by atoms with E-state index in [4.69, 9.17) is 4.74 Å². The van der Waals surface area contributed by atoms with Crippen LogP contribution in [-0.2, 0) is 18.3 Å². The molecule has 1 atom stereocenters. The first kappa shape index (κ1) is 22.1. The van der Waals surface area contributed by atoms with Crippen LogP contribution in [0.25, 0.3) is 0 Å². The molecule has 0 radical (unpaired) electrons. The number of guanidine groups is 1. The summed E-state index contributed by atoms with van der Waals surface area (Å²) in [6.45, 7) is 11.7. The Morgan fingerprint density at radius 1 is 1.36 bits per heavy atom. The molecule has 2 N–H and O–H groups in total. The van der Waals surface area contributed by atoms with Crippen LogP contribution in [0.2, 0.25) is 0 Å². The van der Waals surface area contributed by atoms with Crippen LogP contribution in [-0.4, -0.2) is 71.6 Å². The smallest absolute Gasteiger partial charge is 0.191 e. The molecule has 1 aromatic rings. The van der Waals surface area contributed by atoms with Crippen LogP contribution in [0.3, 0.4) is 0 Å². The van der Waals surface area contributed by atoms with Gasteiger partial charge in [0.1, 0.15) is 5.82 Å². The number of aromatic nitrogens is 3. The molecule has 1 aliphatic heterocycles. The number of nitrogens with zero attached hydrogens (tertiary/aromatic N) is 5. The van der Waals surface area contributed by atoms with E-state index in [0.717, 1.165) is 50.4 Å². The van der Waals surface area contributed by atoms with Crippen LogP contribution in [0.5, 0.6) is 0 Å². The van der Waals surface area contributed by atoms with E-state index in [0.29, 0.717) is 12.5 Å². The summed E-state index contributed by atoms with van der Waals surface area (Å²) >= 11 is 0. The van der Waals surface area contributed by atoms with Crippen molar-refractivity contribution >= 4 is 29.9 Å². The number of ether oxygens (including phenoxy) is 1. The normalized spacial score (nSPS) is 19.0. The van der Waals surface area contributed by atoms with Crippen molar-refractivity contribution in [3.63, 3.8) is 0 Å². The SMILES string of the molecule is CN=C(NCc1nnc(C)n1C)NCC1CN(CC(C)C)CCO1.I. The summed E-state index contributed by atoms with van der Waals surface area (Å²) in [5.41, 5.74) is 0. The second kappa shape index (κ2) is 10.9. The summed E-state index contributed by atoms with van der Waals surface area (Å²) in [5, 5.41) is 14.8. The van der Waals surface area contributed by atoms with Crippen molar-refractivity contribution in [2.45, 2.75) is 33.4 Å². The van der Waals surface area contributed by atoms with E-state index in [-0.39, 0.29) is 30.1 Å². The lowest BCUT2D eigenvalue weighted by Gasteiger charge is -2.34. The van der Waals surface area contributed by atoms with Crippen molar-refractivity contribution in [1.29, 1.82) is 0 Å². The van der Waals surface area contributed by atoms with E-state index in [9.17, 15) is 0 Å². The summed E-state index contributed by atoms with van der Waals surface area (Å²) in [7, 11) is 3.73. The Hall–Kier alpha value is -0.940. The molecule has 1 fully saturated rings. The molecule has 2 heterocycles. The van der Waals surface area contributed by atoms with Gasteiger partial charge in [-0.05, 0) is 12.8 Å². The van der Waals surface area contributed by atoms with Gasteiger partial charge in [-0.15, -0.1) is 34.2 Å². The summed E-state index contributed by atoms with van der Waals surface area (Å²) in [4.78, 5) is 6.73.